The van der Waals surface area contributed by atoms with Crippen molar-refractivity contribution in [3.63, 3.8) is 0 Å². The zero-order valence-electron chi connectivity index (χ0n) is 15.8. The van der Waals surface area contributed by atoms with Gasteiger partial charge in [-0.05, 0) is 25.5 Å². The van der Waals surface area contributed by atoms with Crippen molar-refractivity contribution in [2.24, 2.45) is 0 Å². The van der Waals surface area contributed by atoms with Crippen LogP contribution >= 0.6 is 0 Å². The molecule has 4 heteroatoms. The number of hydrogen-bond acceptors (Lipinski definition) is 3. The topological polar surface area (TPSA) is 43.4 Å². The maximum absolute atomic E-state index is 12.0. The molecule has 0 atom stereocenters. The molecule has 0 amide bonds. The van der Waals surface area contributed by atoms with Gasteiger partial charge in [-0.3, -0.25) is 4.18 Å². The van der Waals surface area contributed by atoms with Gasteiger partial charge < -0.3 is 0 Å². The molecule has 22 heavy (non-hydrogen) atoms. The summed E-state index contributed by atoms with van der Waals surface area (Å²) in [6, 6.07) is 6.66. The number of benzene rings is 1. The SMILES string of the molecule is [2H]C([2H])(CC)CCCCCCCCOS(=O)(=O)c1ccc(C)cc1. The van der Waals surface area contributed by atoms with E-state index in [-0.39, 0.29) is 11.5 Å². The number of unbranched alkanes of at least 4 members (excludes halogenated alkanes) is 5. The van der Waals surface area contributed by atoms with Crippen molar-refractivity contribution in [1.82, 2.24) is 0 Å². The van der Waals surface area contributed by atoms with Crippen LogP contribution in [0.3, 0.4) is 0 Å². The van der Waals surface area contributed by atoms with Crippen LogP contribution in [-0.4, -0.2) is 15.0 Å². The predicted octanol–water partition coefficient (Wildman–Crippen LogP) is 5.23. The van der Waals surface area contributed by atoms with E-state index in [0.29, 0.717) is 12.8 Å². The summed E-state index contributed by atoms with van der Waals surface area (Å²) in [6.07, 6.45) is 5.86. The van der Waals surface area contributed by atoms with Gasteiger partial charge >= 0.3 is 0 Å². The third-order valence-electron chi connectivity index (χ3n) is 3.55. The molecule has 0 aliphatic rings. The smallest absolute Gasteiger partial charge is 0.266 e. The van der Waals surface area contributed by atoms with E-state index < -0.39 is 16.5 Å². The second-order valence-electron chi connectivity index (χ2n) is 5.56. The lowest BCUT2D eigenvalue weighted by atomic mass is 10.1. The van der Waals surface area contributed by atoms with Crippen LogP contribution in [0.25, 0.3) is 0 Å². The van der Waals surface area contributed by atoms with E-state index in [1.807, 2.05) is 13.8 Å². The van der Waals surface area contributed by atoms with Crippen LogP contribution in [0, 0.1) is 6.92 Å². The number of aryl methyl sites for hydroxylation is 1. The molecule has 0 radical (unpaired) electrons. The first kappa shape index (κ1) is 16.0. The molecule has 1 rings (SSSR count). The number of hydrogen-bond donors (Lipinski definition) is 0. The standard InChI is InChI=1S/C18H30O3S/c1-3-4-5-6-7-8-9-10-11-16-21-22(19,20)18-14-12-17(2)13-15-18/h12-15H,3-11,16H2,1-2H3/i4D2. The van der Waals surface area contributed by atoms with E-state index in [4.69, 9.17) is 6.92 Å². The average Bonchev–Trinajstić information content (AvgIpc) is 2.53. The first-order valence-corrected chi connectivity index (χ1v) is 9.64. The molecule has 0 aliphatic carbocycles. The lowest BCUT2D eigenvalue weighted by molar-refractivity contribution is 0.306. The molecule has 0 aliphatic heterocycles. The van der Waals surface area contributed by atoms with Gasteiger partial charge in [-0.2, -0.15) is 8.42 Å². The van der Waals surface area contributed by atoms with Crippen LogP contribution in [0.1, 0.15) is 73.0 Å². The molecular weight excluding hydrogens is 296 g/mol. The van der Waals surface area contributed by atoms with Crippen LogP contribution < -0.4 is 0 Å². The van der Waals surface area contributed by atoms with Gasteiger partial charge in [0, 0.05) is 2.74 Å². The third-order valence-corrected chi connectivity index (χ3v) is 4.87. The molecule has 0 saturated carbocycles. The Morgan fingerprint density at radius 3 is 2.09 bits per heavy atom. The minimum Gasteiger partial charge on any atom is -0.266 e. The summed E-state index contributed by atoms with van der Waals surface area (Å²) in [5.41, 5.74) is 1.01. The summed E-state index contributed by atoms with van der Waals surface area (Å²) >= 11 is 0. The molecule has 0 heterocycles. The Bertz CT molecular complexity index is 568. The molecule has 0 N–H and O–H groups in total. The molecule has 1 aromatic rings. The molecule has 0 saturated heterocycles. The fourth-order valence-corrected chi connectivity index (χ4v) is 3.12. The minimum absolute atomic E-state index is 0.207. The maximum Gasteiger partial charge on any atom is 0.296 e. The van der Waals surface area contributed by atoms with Crippen molar-refractivity contribution in [2.75, 3.05) is 6.61 Å². The van der Waals surface area contributed by atoms with E-state index in [2.05, 4.69) is 0 Å². The highest BCUT2D eigenvalue weighted by Crippen LogP contribution is 2.14. The van der Waals surface area contributed by atoms with Crippen molar-refractivity contribution in [1.29, 1.82) is 0 Å². The average molecular weight is 329 g/mol. The first-order chi connectivity index (χ1) is 11.3. The first-order valence-electron chi connectivity index (χ1n) is 9.23. The van der Waals surface area contributed by atoms with Crippen molar-refractivity contribution in [3.05, 3.63) is 29.8 Å². The number of rotatable bonds is 12. The van der Waals surface area contributed by atoms with Gasteiger partial charge in [-0.25, -0.2) is 0 Å². The summed E-state index contributed by atoms with van der Waals surface area (Å²) in [4.78, 5) is 0.207. The van der Waals surface area contributed by atoms with E-state index in [1.165, 1.54) is 0 Å². The fraction of sp³-hybridized carbons (Fsp3) is 0.667. The van der Waals surface area contributed by atoms with E-state index in [9.17, 15) is 8.42 Å². The molecule has 0 fully saturated rings. The summed E-state index contributed by atoms with van der Waals surface area (Å²) in [5, 5.41) is 0. The van der Waals surface area contributed by atoms with Gasteiger partial charge in [0.05, 0.1) is 11.5 Å². The summed E-state index contributed by atoms with van der Waals surface area (Å²) in [5.74, 6) is 0. The Kier molecular flexibility index (Phi) is 7.85. The highest BCUT2D eigenvalue weighted by Gasteiger charge is 2.14. The normalized spacial score (nSPS) is 13.7. The van der Waals surface area contributed by atoms with Crippen LogP contribution in [-0.2, 0) is 14.3 Å². The Balaban J connectivity index is 2.11. The highest BCUT2D eigenvalue weighted by atomic mass is 32.2. The fourth-order valence-electron chi connectivity index (χ4n) is 2.18. The lowest BCUT2D eigenvalue weighted by Gasteiger charge is -2.06. The van der Waals surface area contributed by atoms with Gasteiger partial charge in [0.15, 0.2) is 0 Å². The van der Waals surface area contributed by atoms with Gasteiger partial charge in [-0.1, -0.05) is 75.9 Å². The van der Waals surface area contributed by atoms with Crippen LogP contribution in [0.4, 0.5) is 0 Å². The minimum atomic E-state index is -3.64. The summed E-state index contributed by atoms with van der Waals surface area (Å²) in [6.45, 7) is 4.01. The van der Waals surface area contributed by atoms with Crippen molar-refractivity contribution in [2.45, 2.75) is 76.5 Å². The Labute approximate surface area is 139 Å². The molecule has 0 spiro atoms. The molecule has 1 aromatic carbocycles. The van der Waals surface area contributed by atoms with Crippen molar-refractivity contribution in [3.8, 4) is 0 Å². The zero-order valence-corrected chi connectivity index (χ0v) is 14.6. The highest BCUT2D eigenvalue weighted by molar-refractivity contribution is 7.86. The molecule has 126 valence electrons. The Morgan fingerprint density at radius 1 is 0.955 bits per heavy atom. The monoisotopic (exact) mass is 328 g/mol. The van der Waals surface area contributed by atoms with Gasteiger partial charge in [0.25, 0.3) is 10.1 Å². The van der Waals surface area contributed by atoms with E-state index in [0.717, 1.165) is 44.1 Å². The summed E-state index contributed by atoms with van der Waals surface area (Å²) in [7, 11) is -3.64. The zero-order chi connectivity index (χ0) is 18.1. The largest absolute Gasteiger partial charge is 0.296 e. The van der Waals surface area contributed by atoms with Gasteiger partial charge in [-0.15, -0.1) is 0 Å². The van der Waals surface area contributed by atoms with Gasteiger partial charge in [0.2, 0.25) is 0 Å². The van der Waals surface area contributed by atoms with Crippen LogP contribution in [0.5, 0.6) is 0 Å². The van der Waals surface area contributed by atoms with E-state index in [1.54, 1.807) is 24.3 Å². The Hall–Kier alpha value is -0.870. The Morgan fingerprint density at radius 2 is 1.50 bits per heavy atom. The second-order valence-corrected chi connectivity index (χ2v) is 7.18. The van der Waals surface area contributed by atoms with Gasteiger partial charge in [0.1, 0.15) is 0 Å². The van der Waals surface area contributed by atoms with Crippen LogP contribution in [0.15, 0.2) is 29.2 Å². The van der Waals surface area contributed by atoms with Crippen molar-refractivity contribution >= 4 is 10.1 Å². The molecule has 0 unspecified atom stereocenters. The van der Waals surface area contributed by atoms with Crippen molar-refractivity contribution < 1.29 is 15.3 Å². The van der Waals surface area contributed by atoms with Crippen LogP contribution in [0.2, 0.25) is 0 Å². The maximum atomic E-state index is 12.0. The molecular formula is C18H30O3S. The second kappa shape index (κ2) is 10.8. The summed E-state index contributed by atoms with van der Waals surface area (Å²) < 4.78 is 44.4. The lowest BCUT2D eigenvalue weighted by Crippen LogP contribution is -2.07. The van der Waals surface area contributed by atoms with E-state index >= 15 is 0 Å². The quantitative estimate of drug-likeness (QED) is 0.390. The third kappa shape index (κ3) is 7.95. The molecule has 0 aromatic heterocycles. The predicted molar refractivity (Wildman–Crippen MR) is 91.5 cm³/mol. The molecule has 3 nitrogen and oxygen atoms in total. The molecule has 0 bridgehead atoms.